The van der Waals surface area contributed by atoms with Gasteiger partial charge in [-0.05, 0) is 18.2 Å². The lowest BCUT2D eigenvalue weighted by atomic mass is 10.1. The van der Waals surface area contributed by atoms with E-state index in [1.54, 1.807) is 18.2 Å². The second-order valence-electron chi connectivity index (χ2n) is 4.67. The highest BCUT2D eigenvalue weighted by molar-refractivity contribution is 5.93. The maximum Gasteiger partial charge on any atom is 0.269 e. The molecule has 110 valence electrons. The number of aromatic nitrogens is 3. The van der Waals surface area contributed by atoms with Gasteiger partial charge < -0.3 is 5.32 Å². The molecule has 0 fully saturated rings. The SMILES string of the molecule is O=C(NCc1cccc(F)n1)c1cc(-c2ccccc2)n[nH]1. The Morgan fingerprint density at radius 2 is 1.95 bits per heavy atom. The molecule has 2 aromatic heterocycles. The van der Waals surface area contributed by atoms with Crippen molar-refractivity contribution in [1.82, 2.24) is 20.5 Å². The number of hydrogen-bond donors (Lipinski definition) is 2. The summed E-state index contributed by atoms with van der Waals surface area (Å²) in [6.45, 7) is 0.149. The molecule has 0 aliphatic heterocycles. The monoisotopic (exact) mass is 296 g/mol. The molecule has 3 aromatic rings. The van der Waals surface area contributed by atoms with Crippen molar-refractivity contribution in [1.29, 1.82) is 0 Å². The number of halogens is 1. The molecule has 0 unspecified atom stereocenters. The zero-order valence-electron chi connectivity index (χ0n) is 11.6. The van der Waals surface area contributed by atoms with Gasteiger partial charge in [-0.2, -0.15) is 9.49 Å². The molecule has 1 amide bonds. The molecule has 0 bridgehead atoms. The van der Waals surface area contributed by atoms with E-state index in [9.17, 15) is 9.18 Å². The highest BCUT2D eigenvalue weighted by Crippen LogP contribution is 2.16. The van der Waals surface area contributed by atoms with Gasteiger partial charge in [0.1, 0.15) is 5.69 Å². The van der Waals surface area contributed by atoms with Crippen LogP contribution >= 0.6 is 0 Å². The van der Waals surface area contributed by atoms with Crippen molar-refractivity contribution in [2.75, 3.05) is 0 Å². The number of benzene rings is 1. The summed E-state index contributed by atoms with van der Waals surface area (Å²) in [5.41, 5.74) is 2.41. The number of carbonyl (C=O) groups excluding carboxylic acids is 1. The smallest absolute Gasteiger partial charge is 0.269 e. The van der Waals surface area contributed by atoms with Crippen LogP contribution in [0.2, 0.25) is 0 Å². The minimum atomic E-state index is -0.570. The van der Waals surface area contributed by atoms with Crippen molar-refractivity contribution in [3.8, 4) is 11.3 Å². The number of nitrogens with one attached hydrogen (secondary N) is 2. The van der Waals surface area contributed by atoms with E-state index in [4.69, 9.17) is 0 Å². The molecular formula is C16H13FN4O. The Balaban J connectivity index is 1.67. The number of nitrogens with zero attached hydrogens (tertiary/aromatic N) is 2. The van der Waals surface area contributed by atoms with Crippen molar-refractivity contribution in [3.63, 3.8) is 0 Å². The minimum Gasteiger partial charge on any atom is -0.345 e. The molecular weight excluding hydrogens is 283 g/mol. The van der Waals surface area contributed by atoms with E-state index >= 15 is 0 Å². The first-order chi connectivity index (χ1) is 10.7. The Hall–Kier alpha value is -3.02. The fourth-order valence-corrected chi connectivity index (χ4v) is 2.01. The number of H-pyrrole nitrogens is 1. The van der Waals surface area contributed by atoms with E-state index < -0.39 is 5.95 Å². The Morgan fingerprint density at radius 1 is 1.14 bits per heavy atom. The number of pyridine rings is 1. The highest BCUT2D eigenvalue weighted by Gasteiger charge is 2.11. The molecule has 2 heterocycles. The second-order valence-corrected chi connectivity index (χ2v) is 4.67. The number of amides is 1. The lowest BCUT2D eigenvalue weighted by Gasteiger charge is -2.02. The summed E-state index contributed by atoms with van der Waals surface area (Å²) in [6.07, 6.45) is 0. The Morgan fingerprint density at radius 3 is 2.73 bits per heavy atom. The number of carbonyl (C=O) groups is 1. The van der Waals surface area contributed by atoms with Gasteiger partial charge in [-0.3, -0.25) is 9.89 Å². The predicted molar refractivity (Wildman–Crippen MR) is 79.4 cm³/mol. The zero-order chi connectivity index (χ0) is 15.4. The van der Waals surface area contributed by atoms with Crippen LogP contribution in [0.15, 0.2) is 54.6 Å². The quantitative estimate of drug-likeness (QED) is 0.727. The third-order valence-electron chi connectivity index (χ3n) is 3.09. The Bertz CT molecular complexity index is 786. The van der Waals surface area contributed by atoms with Crippen LogP contribution in [-0.4, -0.2) is 21.1 Å². The van der Waals surface area contributed by atoms with Crippen molar-refractivity contribution in [2.45, 2.75) is 6.54 Å². The molecule has 5 nitrogen and oxygen atoms in total. The lowest BCUT2D eigenvalue weighted by Crippen LogP contribution is -2.23. The van der Waals surface area contributed by atoms with Crippen LogP contribution < -0.4 is 5.32 Å². The van der Waals surface area contributed by atoms with Gasteiger partial charge in [-0.15, -0.1) is 0 Å². The molecule has 0 saturated carbocycles. The van der Waals surface area contributed by atoms with Gasteiger partial charge >= 0.3 is 0 Å². The van der Waals surface area contributed by atoms with Crippen LogP contribution in [0.3, 0.4) is 0 Å². The van der Waals surface area contributed by atoms with Crippen molar-refractivity contribution >= 4 is 5.91 Å². The minimum absolute atomic E-state index is 0.149. The lowest BCUT2D eigenvalue weighted by molar-refractivity contribution is 0.0945. The summed E-state index contributed by atoms with van der Waals surface area (Å²) in [5, 5.41) is 9.48. The molecule has 0 aliphatic rings. The normalized spacial score (nSPS) is 10.4. The van der Waals surface area contributed by atoms with Gasteiger partial charge in [0.25, 0.3) is 5.91 Å². The molecule has 0 atom stereocenters. The van der Waals surface area contributed by atoms with Gasteiger partial charge in [-0.1, -0.05) is 36.4 Å². The summed E-state index contributed by atoms with van der Waals surface area (Å²) in [4.78, 5) is 15.7. The average molecular weight is 296 g/mol. The van der Waals surface area contributed by atoms with E-state index in [2.05, 4.69) is 20.5 Å². The molecule has 3 rings (SSSR count). The molecule has 1 aromatic carbocycles. The van der Waals surface area contributed by atoms with Crippen LogP contribution in [0, 0.1) is 5.95 Å². The first-order valence-corrected chi connectivity index (χ1v) is 6.73. The van der Waals surface area contributed by atoms with Crippen LogP contribution in [0.1, 0.15) is 16.2 Å². The van der Waals surface area contributed by atoms with Gasteiger partial charge in [0.05, 0.1) is 17.9 Å². The summed E-state index contributed by atoms with van der Waals surface area (Å²) >= 11 is 0. The number of aromatic amines is 1. The molecule has 0 spiro atoms. The third-order valence-corrected chi connectivity index (χ3v) is 3.09. The Labute approximate surface area is 126 Å². The van der Waals surface area contributed by atoms with E-state index in [1.165, 1.54) is 6.07 Å². The van der Waals surface area contributed by atoms with Crippen LogP contribution in [0.5, 0.6) is 0 Å². The number of rotatable bonds is 4. The molecule has 0 saturated heterocycles. The predicted octanol–water partition coefficient (Wildman–Crippen LogP) is 2.54. The summed E-state index contributed by atoms with van der Waals surface area (Å²) in [6, 6.07) is 15.7. The summed E-state index contributed by atoms with van der Waals surface area (Å²) < 4.78 is 13.0. The molecule has 2 N–H and O–H groups in total. The van der Waals surface area contributed by atoms with E-state index in [1.807, 2.05) is 30.3 Å². The largest absolute Gasteiger partial charge is 0.345 e. The molecule has 22 heavy (non-hydrogen) atoms. The van der Waals surface area contributed by atoms with Crippen LogP contribution in [-0.2, 0) is 6.54 Å². The average Bonchev–Trinajstić information content (AvgIpc) is 3.04. The third kappa shape index (κ3) is 3.17. The number of hydrogen-bond acceptors (Lipinski definition) is 3. The fourth-order valence-electron chi connectivity index (χ4n) is 2.01. The standard InChI is InChI=1S/C16H13FN4O/c17-15-8-4-7-12(19-15)10-18-16(22)14-9-13(20-21-14)11-5-2-1-3-6-11/h1-9H,10H2,(H,18,22)(H,20,21). The first-order valence-electron chi connectivity index (χ1n) is 6.73. The molecule has 0 aliphatic carbocycles. The van der Waals surface area contributed by atoms with E-state index in [0.29, 0.717) is 17.1 Å². The first kappa shape index (κ1) is 13.9. The van der Waals surface area contributed by atoms with E-state index in [-0.39, 0.29) is 12.5 Å². The fraction of sp³-hybridized carbons (Fsp3) is 0.0625. The van der Waals surface area contributed by atoms with Crippen LogP contribution in [0.4, 0.5) is 4.39 Å². The van der Waals surface area contributed by atoms with Crippen molar-refractivity contribution < 1.29 is 9.18 Å². The topological polar surface area (TPSA) is 70.7 Å². The van der Waals surface area contributed by atoms with Crippen molar-refractivity contribution in [3.05, 3.63) is 71.9 Å². The summed E-state index contributed by atoms with van der Waals surface area (Å²) in [5.74, 6) is -0.889. The second kappa shape index (κ2) is 6.17. The van der Waals surface area contributed by atoms with Gasteiger partial charge in [-0.25, -0.2) is 4.98 Å². The maximum absolute atomic E-state index is 13.0. The molecule has 6 heteroatoms. The Kier molecular flexibility index (Phi) is 3.91. The molecule has 0 radical (unpaired) electrons. The summed E-state index contributed by atoms with van der Waals surface area (Å²) in [7, 11) is 0. The van der Waals surface area contributed by atoms with Crippen molar-refractivity contribution in [2.24, 2.45) is 0 Å². The van der Waals surface area contributed by atoms with Gasteiger partial charge in [0, 0.05) is 5.56 Å². The highest BCUT2D eigenvalue weighted by atomic mass is 19.1. The zero-order valence-corrected chi connectivity index (χ0v) is 11.6. The van der Waals surface area contributed by atoms with Gasteiger partial charge in [0.2, 0.25) is 5.95 Å². The van der Waals surface area contributed by atoms with E-state index in [0.717, 1.165) is 5.56 Å². The maximum atomic E-state index is 13.0. The van der Waals surface area contributed by atoms with Crippen LogP contribution in [0.25, 0.3) is 11.3 Å². The van der Waals surface area contributed by atoms with Gasteiger partial charge in [0.15, 0.2) is 0 Å².